The zero-order chi connectivity index (χ0) is 17.4. The lowest BCUT2D eigenvalue weighted by Crippen LogP contribution is -2.43. The first-order valence-corrected chi connectivity index (χ1v) is 7.57. The molecule has 0 saturated carbocycles. The van der Waals surface area contributed by atoms with Gasteiger partial charge in [-0.15, -0.1) is 0 Å². The van der Waals surface area contributed by atoms with Crippen molar-refractivity contribution in [3.8, 4) is 0 Å². The largest absolute Gasteiger partial charge is 0.361 e. The highest BCUT2D eigenvalue weighted by molar-refractivity contribution is 6.27. The predicted molar refractivity (Wildman–Crippen MR) is 83.6 cm³/mol. The van der Waals surface area contributed by atoms with Gasteiger partial charge in [-0.1, -0.05) is 5.16 Å². The van der Waals surface area contributed by atoms with Crippen molar-refractivity contribution in [2.45, 2.75) is 32.7 Å². The maximum Gasteiger partial charge on any atom is 0.228 e. The molecule has 1 aliphatic rings. The van der Waals surface area contributed by atoms with Gasteiger partial charge in [0.15, 0.2) is 6.29 Å². The van der Waals surface area contributed by atoms with Crippen LogP contribution in [0, 0.1) is 13.8 Å². The summed E-state index contributed by atoms with van der Waals surface area (Å²) in [5.41, 5.74) is 2.75. The molecule has 24 heavy (non-hydrogen) atoms. The summed E-state index contributed by atoms with van der Waals surface area (Å²) in [7, 11) is 3.61. The molecule has 3 rings (SSSR count). The number of Topliss-reactive ketones (excluding diaryl/α,β-unsaturated/α-hetero) is 1. The number of aryl methyl sites for hydroxylation is 2. The molecule has 128 valence electrons. The van der Waals surface area contributed by atoms with Crippen LogP contribution in [-0.4, -0.2) is 57.3 Å². The van der Waals surface area contributed by atoms with Gasteiger partial charge in [0.1, 0.15) is 18.1 Å². The smallest absolute Gasteiger partial charge is 0.228 e. The zero-order valence-corrected chi connectivity index (χ0v) is 14.1. The molecule has 0 bridgehead atoms. The molecule has 0 spiro atoms. The second kappa shape index (κ2) is 6.27. The van der Waals surface area contributed by atoms with Gasteiger partial charge in [-0.05, 0) is 13.8 Å². The Morgan fingerprint density at radius 2 is 2.12 bits per heavy atom. The van der Waals surface area contributed by atoms with Crippen molar-refractivity contribution in [1.29, 1.82) is 0 Å². The molecule has 2 atom stereocenters. The third kappa shape index (κ3) is 2.77. The summed E-state index contributed by atoms with van der Waals surface area (Å²) in [5, 5.41) is 15.0. The van der Waals surface area contributed by atoms with Gasteiger partial charge in [0.05, 0.1) is 18.4 Å². The van der Waals surface area contributed by atoms with Crippen molar-refractivity contribution in [1.82, 2.24) is 30.3 Å². The molecule has 9 heteroatoms. The van der Waals surface area contributed by atoms with Crippen LogP contribution in [0.15, 0.2) is 16.9 Å². The molecular weight excluding hydrogens is 312 g/mol. The lowest BCUT2D eigenvalue weighted by atomic mass is 10.2. The summed E-state index contributed by atoms with van der Waals surface area (Å²) in [6.07, 6.45) is 3.09. The number of aromatic nitrogens is 3. The van der Waals surface area contributed by atoms with Crippen LogP contribution in [0.4, 0.5) is 0 Å². The van der Waals surface area contributed by atoms with E-state index in [1.165, 1.54) is 0 Å². The van der Waals surface area contributed by atoms with Gasteiger partial charge in [0.25, 0.3) is 0 Å². The van der Waals surface area contributed by atoms with Gasteiger partial charge in [-0.2, -0.15) is 5.10 Å². The van der Waals surface area contributed by atoms with E-state index in [-0.39, 0.29) is 6.17 Å². The number of carbonyl (C=O) groups is 2. The Bertz CT molecular complexity index is 748. The molecular formula is C15H20N6O3. The second-order valence-corrected chi connectivity index (χ2v) is 5.91. The molecule has 2 aromatic heterocycles. The van der Waals surface area contributed by atoms with Crippen LogP contribution in [0.25, 0.3) is 0 Å². The normalized spacial score (nSPS) is 22.2. The zero-order valence-electron chi connectivity index (χ0n) is 14.1. The van der Waals surface area contributed by atoms with E-state index in [1.807, 2.05) is 32.1 Å². The van der Waals surface area contributed by atoms with Crippen molar-refractivity contribution < 1.29 is 14.1 Å². The third-order valence-corrected chi connectivity index (χ3v) is 4.42. The van der Waals surface area contributed by atoms with E-state index in [4.69, 9.17) is 4.52 Å². The number of nitrogens with one attached hydrogen (secondary N) is 1. The number of carbonyl (C=O) groups excluding carboxylic acids is 2. The topological polar surface area (TPSA) is 96.5 Å². The summed E-state index contributed by atoms with van der Waals surface area (Å²) < 4.78 is 6.97. The molecule has 1 aliphatic heterocycles. The minimum atomic E-state index is -0.664. The third-order valence-electron chi connectivity index (χ3n) is 4.42. The van der Waals surface area contributed by atoms with E-state index >= 15 is 0 Å². The van der Waals surface area contributed by atoms with Crippen LogP contribution in [0.2, 0.25) is 0 Å². The Hall–Kier alpha value is -2.36. The van der Waals surface area contributed by atoms with E-state index < -0.39 is 11.9 Å². The van der Waals surface area contributed by atoms with E-state index in [0.29, 0.717) is 12.8 Å². The molecule has 9 nitrogen and oxygen atoms in total. The Morgan fingerprint density at radius 3 is 2.75 bits per heavy atom. The number of hydrogen-bond acceptors (Lipinski definition) is 8. The summed E-state index contributed by atoms with van der Waals surface area (Å²) in [6.45, 7) is 4.33. The molecule has 0 radical (unpaired) electrons. The molecule has 0 aliphatic carbocycles. The number of hydrazine groups is 1. The highest BCUT2D eigenvalue weighted by Crippen LogP contribution is 2.25. The van der Waals surface area contributed by atoms with Crippen molar-refractivity contribution in [3.63, 3.8) is 0 Å². The number of aldehydes is 1. The monoisotopic (exact) mass is 332 g/mol. The lowest BCUT2D eigenvalue weighted by Gasteiger charge is -2.24. The first-order valence-electron chi connectivity index (χ1n) is 7.57. The maximum atomic E-state index is 11.7. The Kier molecular flexibility index (Phi) is 4.31. The summed E-state index contributed by atoms with van der Waals surface area (Å²) in [4.78, 5) is 22.5. The molecule has 2 aromatic rings. The van der Waals surface area contributed by atoms with Gasteiger partial charge in [-0.3, -0.25) is 19.6 Å². The van der Waals surface area contributed by atoms with Crippen LogP contribution >= 0.6 is 0 Å². The second-order valence-electron chi connectivity index (χ2n) is 5.91. The Morgan fingerprint density at radius 1 is 1.38 bits per heavy atom. The van der Waals surface area contributed by atoms with Crippen molar-refractivity contribution >= 4 is 12.1 Å². The number of hydrogen-bond donors (Lipinski definition) is 1. The van der Waals surface area contributed by atoms with E-state index in [1.54, 1.807) is 22.9 Å². The van der Waals surface area contributed by atoms with E-state index in [2.05, 4.69) is 15.6 Å². The van der Waals surface area contributed by atoms with E-state index in [0.717, 1.165) is 22.6 Å². The Labute approximate surface area is 139 Å². The first-order chi connectivity index (χ1) is 11.4. The number of likely N-dealkylation sites (N-methyl/N-ethyl adjacent to an activating group) is 1. The van der Waals surface area contributed by atoms with Crippen LogP contribution in [0.5, 0.6) is 0 Å². The fourth-order valence-corrected chi connectivity index (χ4v) is 2.87. The quantitative estimate of drug-likeness (QED) is 0.604. The van der Waals surface area contributed by atoms with Crippen molar-refractivity contribution in [2.24, 2.45) is 0 Å². The average molecular weight is 332 g/mol. The maximum absolute atomic E-state index is 11.7. The molecule has 2 unspecified atom stereocenters. The highest BCUT2D eigenvalue weighted by Gasteiger charge is 2.39. The van der Waals surface area contributed by atoms with Crippen molar-refractivity contribution in [2.75, 3.05) is 14.1 Å². The minimum Gasteiger partial charge on any atom is -0.361 e. The average Bonchev–Trinajstić information content (AvgIpc) is 3.23. The van der Waals surface area contributed by atoms with Gasteiger partial charge in [-0.25, -0.2) is 10.0 Å². The highest BCUT2D eigenvalue weighted by atomic mass is 16.5. The number of nitrogens with zero attached hydrogens (tertiary/aromatic N) is 5. The predicted octanol–water partition coefficient (Wildman–Crippen LogP) is 0.0107. The van der Waals surface area contributed by atoms with Crippen molar-refractivity contribution in [3.05, 3.63) is 35.0 Å². The van der Waals surface area contributed by atoms with E-state index in [9.17, 15) is 9.59 Å². The molecule has 1 N–H and O–H groups in total. The summed E-state index contributed by atoms with van der Waals surface area (Å²) in [6, 6.07) is 0. The number of ketones is 1. The van der Waals surface area contributed by atoms with Gasteiger partial charge in [0.2, 0.25) is 5.78 Å². The molecule has 1 fully saturated rings. The van der Waals surface area contributed by atoms with Gasteiger partial charge in [0, 0.05) is 31.4 Å². The summed E-state index contributed by atoms with van der Waals surface area (Å²) >= 11 is 0. The number of rotatable bonds is 5. The fourth-order valence-electron chi connectivity index (χ4n) is 2.87. The molecule has 0 amide bonds. The first kappa shape index (κ1) is 16.5. The van der Waals surface area contributed by atoms with Crippen LogP contribution in [0.3, 0.4) is 0 Å². The molecule has 3 heterocycles. The fraction of sp³-hybridized carbons (Fsp3) is 0.467. The SMILES string of the molecule is Cc1noc(C)c1Cn1cc(C2NC(C(=O)C=O)N(C)N2C)cn1. The van der Waals surface area contributed by atoms with Crippen LogP contribution in [-0.2, 0) is 16.1 Å². The van der Waals surface area contributed by atoms with Crippen LogP contribution in [0.1, 0.15) is 28.7 Å². The Balaban J connectivity index is 1.78. The minimum absolute atomic E-state index is 0.234. The van der Waals surface area contributed by atoms with Gasteiger partial charge < -0.3 is 4.52 Å². The standard InChI is InChI=1S/C15H20N6O3/c1-9-12(10(2)24-18-9)7-21-6-11(5-16-21)14-17-15(13(23)8-22)20(4)19(14)3/h5-6,8,14-15,17H,7H2,1-4H3. The molecule has 0 aromatic carbocycles. The van der Waals surface area contributed by atoms with Crippen LogP contribution < -0.4 is 5.32 Å². The van der Waals surface area contributed by atoms with Gasteiger partial charge >= 0.3 is 0 Å². The summed E-state index contributed by atoms with van der Waals surface area (Å²) in [5.74, 6) is 0.270. The lowest BCUT2D eigenvalue weighted by molar-refractivity contribution is -0.135. The molecule has 1 saturated heterocycles.